The van der Waals surface area contributed by atoms with Gasteiger partial charge < -0.3 is 5.32 Å². The minimum Gasteiger partial charge on any atom is -0.353 e. The maximum atomic E-state index is 12.9. The third-order valence-electron chi connectivity index (χ3n) is 5.41. The molecule has 2 aliphatic rings. The number of rotatable bonds is 3. The molecule has 1 aromatic rings. The van der Waals surface area contributed by atoms with Gasteiger partial charge in [-0.25, -0.2) is 0 Å². The number of hydrogen-bond acceptors (Lipinski definition) is 1. The van der Waals surface area contributed by atoms with E-state index in [9.17, 15) is 4.79 Å². The molecule has 2 aliphatic carbocycles. The second-order valence-corrected chi connectivity index (χ2v) is 6.82. The van der Waals surface area contributed by atoms with E-state index in [2.05, 4.69) is 29.6 Å². The highest BCUT2D eigenvalue weighted by Gasteiger charge is 2.45. The van der Waals surface area contributed by atoms with E-state index in [0.717, 1.165) is 25.7 Å². The lowest BCUT2D eigenvalue weighted by molar-refractivity contribution is -0.130. The Labute approximate surface area is 128 Å². The van der Waals surface area contributed by atoms with Crippen molar-refractivity contribution in [2.45, 2.75) is 75.7 Å². The molecule has 3 rings (SSSR count). The Morgan fingerprint density at radius 3 is 2.10 bits per heavy atom. The highest BCUT2D eigenvalue weighted by Crippen LogP contribution is 2.44. The number of nitrogens with one attached hydrogen (secondary N) is 1. The van der Waals surface area contributed by atoms with Crippen LogP contribution in [0.5, 0.6) is 0 Å². The van der Waals surface area contributed by atoms with Gasteiger partial charge in [-0.15, -0.1) is 0 Å². The molecule has 114 valence electrons. The van der Waals surface area contributed by atoms with E-state index in [4.69, 9.17) is 0 Å². The van der Waals surface area contributed by atoms with Crippen LogP contribution >= 0.6 is 0 Å². The van der Waals surface area contributed by atoms with E-state index < -0.39 is 0 Å². The molecule has 1 aromatic carbocycles. The van der Waals surface area contributed by atoms with E-state index in [-0.39, 0.29) is 11.3 Å². The molecular formula is C19H27NO. The van der Waals surface area contributed by atoms with Crippen molar-refractivity contribution < 1.29 is 4.79 Å². The van der Waals surface area contributed by atoms with Gasteiger partial charge in [0.05, 0.1) is 5.41 Å². The Kier molecular flexibility index (Phi) is 4.62. The highest BCUT2D eigenvalue weighted by molar-refractivity contribution is 5.89. The maximum Gasteiger partial charge on any atom is 0.230 e. The molecule has 0 aliphatic heterocycles. The summed E-state index contributed by atoms with van der Waals surface area (Å²) in [5.41, 5.74) is 0.975. The van der Waals surface area contributed by atoms with Crippen LogP contribution in [-0.4, -0.2) is 11.9 Å². The molecule has 2 nitrogen and oxygen atoms in total. The molecule has 0 radical (unpaired) electrons. The lowest BCUT2D eigenvalue weighted by Crippen LogP contribution is -2.52. The average molecular weight is 285 g/mol. The van der Waals surface area contributed by atoms with Crippen molar-refractivity contribution in [1.29, 1.82) is 0 Å². The Morgan fingerprint density at radius 2 is 1.52 bits per heavy atom. The van der Waals surface area contributed by atoms with Gasteiger partial charge in [-0.05, 0) is 31.2 Å². The standard InChI is InChI=1S/C19H27NO/c21-18(20-17-12-7-2-1-3-8-13-17)19(14-9-15-19)16-10-5-4-6-11-16/h4-6,10-11,17H,1-3,7-9,12-15H2,(H,20,21). The summed E-state index contributed by atoms with van der Waals surface area (Å²) in [5.74, 6) is 0.283. The van der Waals surface area contributed by atoms with E-state index in [0.29, 0.717) is 6.04 Å². The zero-order chi connectivity index (χ0) is 14.5. The molecule has 1 N–H and O–H groups in total. The number of carbonyl (C=O) groups is 1. The molecule has 0 spiro atoms. The van der Waals surface area contributed by atoms with Crippen LogP contribution in [0.25, 0.3) is 0 Å². The molecule has 0 atom stereocenters. The predicted octanol–water partition coefficient (Wildman–Crippen LogP) is 4.34. The van der Waals surface area contributed by atoms with E-state index in [1.54, 1.807) is 0 Å². The normalized spacial score (nSPS) is 22.7. The smallest absolute Gasteiger partial charge is 0.230 e. The van der Waals surface area contributed by atoms with Crippen LogP contribution in [0.15, 0.2) is 30.3 Å². The van der Waals surface area contributed by atoms with Crippen LogP contribution in [-0.2, 0) is 10.2 Å². The summed E-state index contributed by atoms with van der Waals surface area (Å²) in [6.45, 7) is 0. The molecule has 0 aromatic heterocycles. The summed E-state index contributed by atoms with van der Waals surface area (Å²) in [6.07, 6.45) is 12.1. The van der Waals surface area contributed by atoms with Crippen LogP contribution in [0.1, 0.15) is 69.8 Å². The minimum absolute atomic E-state index is 0.233. The van der Waals surface area contributed by atoms with Crippen molar-refractivity contribution in [2.75, 3.05) is 0 Å². The molecule has 0 bridgehead atoms. The summed E-state index contributed by atoms with van der Waals surface area (Å²) < 4.78 is 0. The van der Waals surface area contributed by atoms with Crippen LogP contribution in [0.4, 0.5) is 0 Å². The summed E-state index contributed by atoms with van der Waals surface area (Å²) in [5, 5.41) is 3.39. The Morgan fingerprint density at radius 1 is 0.905 bits per heavy atom. The van der Waals surface area contributed by atoms with Crippen molar-refractivity contribution in [1.82, 2.24) is 5.32 Å². The van der Waals surface area contributed by atoms with Gasteiger partial charge in [-0.3, -0.25) is 4.79 Å². The number of hydrogen-bond donors (Lipinski definition) is 1. The minimum atomic E-state index is -0.233. The lowest BCUT2D eigenvalue weighted by atomic mass is 9.63. The lowest BCUT2D eigenvalue weighted by Gasteiger charge is -2.42. The van der Waals surface area contributed by atoms with Gasteiger partial charge >= 0.3 is 0 Å². The predicted molar refractivity (Wildman–Crippen MR) is 86.2 cm³/mol. The Balaban J connectivity index is 1.68. The van der Waals surface area contributed by atoms with Crippen molar-refractivity contribution in [3.8, 4) is 0 Å². The van der Waals surface area contributed by atoms with Gasteiger partial charge in [0.25, 0.3) is 0 Å². The van der Waals surface area contributed by atoms with Crippen LogP contribution in [0, 0.1) is 0 Å². The fraction of sp³-hybridized carbons (Fsp3) is 0.632. The van der Waals surface area contributed by atoms with Crippen molar-refractivity contribution in [3.63, 3.8) is 0 Å². The largest absolute Gasteiger partial charge is 0.353 e. The topological polar surface area (TPSA) is 29.1 Å². The van der Waals surface area contributed by atoms with Crippen LogP contribution < -0.4 is 5.32 Å². The molecular weight excluding hydrogens is 258 g/mol. The number of amides is 1. The highest BCUT2D eigenvalue weighted by atomic mass is 16.2. The van der Waals surface area contributed by atoms with Gasteiger partial charge in [0.1, 0.15) is 0 Å². The molecule has 2 heteroatoms. The van der Waals surface area contributed by atoms with E-state index in [1.165, 1.54) is 44.1 Å². The van der Waals surface area contributed by atoms with Crippen LogP contribution in [0.2, 0.25) is 0 Å². The van der Waals surface area contributed by atoms with Crippen molar-refractivity contribution in [2.24, 2.45) is 0 Å². The molecule has 21 heavy (non-hydrogen) atoms. The summed E-state index contributed by atoms with van der Waals surface area (Å²) in [6, 6.07) is 10.8. The fourth-order valence-electron chi connectivity index (χ4n) is 3.86. The van der Waals surface area contributed by atoms with Gasteiger partial charge in [0.2, 0.25) is 5.91 Å². The molecule has 0 saturated heterocycles. The zero-order valence-corrected chi connectivity index (χ0v) is 12.9. The summed E-state index contributed by atoms with van der Waals surface area (Å²) in [4.78, 5) is 12.9. The second kappa shape index (κ2) is 6.64. The first-order valence-corrected chi connectivity index (χ1v) is 8.68. The molecule has 1 amide bonds. The Hall–Kier alpha value is -1.31. The first-order chi connectivity index (χ1) is 10.3. The third-order valence-corrected chi connectivity index (χ3v) is 5.41. The Bertz CT molecular complexity index is 456. The molecule has 2 saturated carbocycles. The zero-order valence-electron chi connectivity index (χ0n) is 12.9. The third kappa shape index (κ3) is 3.14. The molecule has 0 unspecified atom stereocenters. The monoisotopic (exact) mass is 285 g/mol. The van der Waals surface area contributed by atoms with Gasteiger partial charge in [0.15, 0.2) is 0 Å². The average Bonchev–Trinajstić information content (AvgIpc) is 2.42. The second-order valence-electron chi connectivity index (χ2n) is 6.82. The first-order valence-electron chi connectivity index (χ1n) is 8.68. The SMILES string of the molecule is O=C(NC1CCCCCCC1)C1(c2ccccc2)CCC1. The number of carbonyl (C=O) groups excluding carboxylic acids is 1. The quantitative estimate of drug-likeness (QED) is 0.879. The summed E-state index contributed by atoms with van der Waals surface area (Å²) >= 11 is 0. The van der Waals surface area contributed by atoms with Crippen molar-refractivity contribution in [3.05, 3.63) is 35.9 Å². The number of benzene rings is 1. The maximum absolute atomic E-state index is 12.9. The van der Waals surface area contributed by atoms with E-state index >= 15 is 0 Å². The fourth-order valence-corrected chi connectivity index (χ4v) is 3.86. The van der Waals surface area contributed by atoms with E-state index in [1.807, 2.05) is 6.07 Å². The van der Waals surface area contributed by atoms with Gasteiger partial charge in [-0.1, -0.05) is 68.9 Å². The van der Waals surface area contributed by atoms with Crippen LogP contribution in [0.3, 0.4) is 0 Å². The van der Waals surface area contributed by atoms with Gasteiger partial charge in [-0.2, -0.15) is 0 Å². The molecule has 0 heterocycles. The van der Waals surface area contributed by atoms with Gasteiger partial charge in [0, 0.05) is 6.04 Å². The van der Waals surface area contributed by atoms with Crippen molar-refractivity contribution >= 4 is 5.91 Å². The summed E-state index contributed by atoms with van der Waals surface area (Å²) in [7, 11) is 0. The first kappa shape index (κ1) is 14.6. The molecule has 2 fully saturated rings.